The van der Waals surface area contributed by atoms with E-state index in [0.29, 0.717) is 25.6 Å². The molecular weight excluding hydrogens is 414 g/mol. The molecule has 1 saturated heterocycles. The highest BCUT2D eigenvalue weighted by molar-refractivity contribution is 5.73. The number of hydrogen-bond acceptors (Lipinski definition) is 4. The van der Waals surface area contributed by atoms with Crippen LogP contribution in [-0.4, -0.2) is 42.7 Å². The highest BCUT2D eigenvalue weighted by Gasteiger charge is 2.33. The van der Waals surface area contributed by atoms with E-state index in [0.717, 1.165) is 42.9 Å². The lowest BCUT2D eigenvalue weighted by Gasteiger charge is -2.38. The van der Waals surface area contributed by atoms with Crippen LogP contribution in [-0.2, 0) is 24.2 Å². The SMILES string of the molecule is COc1c(COc2ccc3c(c2)CCC(CN2CC(C(=O)O)C2)=C3C)cccc1CC(C)C. The zero-order valence-electron chi connectivity index (χ0n) is 20.2. The van der Waals surface area contributed by atoms with E-state index < -0.39 is 5.97 Å². The summed E-state index contributed by atoms with van der Waals surface area (Å²) in [5, 5.41) is 9.10. The molecule has 0 saturated carbocycles. The molecule has 2 aromatic rings. The summed E-state index contributed by atoms with van der Waals surface area (Å²) >= 11 is 0. The quantitative estimate of drug-likeness (QED) is 0.570. The highest BCUT2D eigenvalue weighted by atomic mass is 16.5. The largest absolute Gasteiger partial charge is 0.496 e. The maximum Gasteiger partial charge on any atom is 0.309 e. The number of ether oxygens (including phenoxy) is 2. The van der Waals surface area contributed by atoms with Crippen molar-refractivity contribution in [1.82, 2.24) is 4.90 Å². The molecule has 1 fully saturated rings. The summed E-state index contributed by atoms with van der Waals surface area (Å²) in [5.74, 6) is 1.50. The van der Waals surface area contributed by atoms with Crippen LogP contribution in [0.3, 0.4) is 0 Å². The smallest absolute Gasteiger partial charge is 0.309 e. The predicted octanol–water partition coefficient (Wildman–Crippen LogP) is 5.21. The third-order valence-corrected chi connectivity index (χ3v) is 6.83. The number of carboxylic acids is 1. The number of fused-ring (bicyclic) bond motifs is 1. The van der Waals surface area contributed by atoms with Crippen LogP contribution in [0.15, 0.2) is 42.0 Å². The first kappa shape index (κ1) is 23.4. The lowest BCUT2D eigenvalue weighted by atomic mass is 9.85. The molecule has 1 heterocycles. The van der Waals surface area contributed by atoms with Gasteiger partial charge in [-0.05, 0) is 66.5 Å². The minimum atomic E-state index is -0.678. The molecule has 0 aromatic heterocycles. The van der Waals surface area contributed by atoms with Crippen LogP contribution < -0.4 is 9.47 Å². The third kappa shape index (κ3) is 5.25. The van der Waals surface area contributed by atoms with Gasteiger partial charge in [-0.25, -0.2) is 0 Å². The Hall–Kier alpha value is -2.79. The topological polar surface area (TPSA) is 59.0 Å². The minimum absolute atomic E-state index is 0.203. The van der Waals surface area contributed by atoms with Crippen LogP contribution in [0.1, 0.15) is 49.4 Å². The Labute approximate surface area is 197 Å². The Morgan fingerprint density at radius 1 is 1.15 bits per heavy atom. The minimum Gasteiger partial charge on any atom is -0.496 e. The molecule has 4 rings (SSSR count). The normalized spacial score (nSPS) is 16.5. The monoisotopic (exact) mass is 449 g/mol. The molecular formula is C28H35NO4. The number of carbonyl (C=O) groups is 1. The summed E-state index contributed by atoms with van der Waals surface area (Å²) in [7, 11) is 1.73. The Bertz CT molecular complexity index is 1050. The standard InChI is InChI=1S/C28H35NO4/c1-18(2)12-21-6-5-7-23(27(21)32-4)17-33-25-10-11-26-19(3)22(9-8-20(26)13-25)14-29-15-24(16-29)28(30)31/h5-7,10-11,13,18,24H,8-9,12,14-17H2,1-4H3,(H,30,31). The summed E-state index contributed by atoms with van der Waals surface area (Å²) in [6.45, 7) is 9.30. The van der Waals surface area contributed by atoms with Crippen molar-refractivity contribution in [3.05, 3.63) is 64.2 Å². The van der Waals surface area contributed by atoms with E-state index in [1.54, 1.807) is 7.11 Å². The van der Waals surface area contributed by atoms with Crippen molar-refractivity contribution < 1.29 is 19.4 Å². The zero-order chi connectivity index (χ0) is 23.5. The number of aliphatic carboxylic acids is 1. The Balaban J connectivity index is 1.43. The van der Waals surface area contributed by atoms with Crippen molar-refractivity contribution in [2.75, 3.05) is 26.7 Å². The van der Waals surface area contributed by atoms with Gasteiger partial charge in [0.25, 0.3) is 0 Å². The van der Waals surface area contributed by atoms with Gasteiger partial charge in [0.15, 0.2) is 0 Å². The molecule has 2 aromatic carbocycles. The van der Waals surface area contributed by atoms with Gasteiger partial charge in [-0.1, -0.05) is 43.7 Å². The summed E-state index contributed by atoms with van der Waals surface area (Å²) in [4.78, 5) is 13.3. The molecule has 0 amide bonds. The molecule has 1 N–H and O–H groups in total. The van der Waals surface area contributed by atoms with Gasteiger partial charge in [-0.3, -0.25) is 9.69 Å². The van der Waals surface area contributed by atoms with Crippen molar-refractivity contribution in [3.8, 4) is 11.5 Å². The van der Waals surface area contributed by atoms with Crippen molar-refractivity contribution in [2.24, 2.45) is 11.8 Å². The van der Waals surface area contributed by atoms with Crippen molar-refractivity contribution >= 4 is 11.5 Å². The van der Waals surface area contributed by atoms with Gasteiger partial charge in [0.2, 0.25) is 0 Å². The number of para-hydroxylation sites is 1. The summed E-state index contributed by atoms with van der Waals surface area (Å²) in [5.41, 5.74) is 7.65. The average Bonchev–Trinajstić information content (AvgIpc) is 2.75. The number of rotatable bonds is 9. The molecule has 5 heteroatoms. The van der Waals surface area contributed by atoms with Gasteiger partial charge < -0.3 is 14.6 Å². The first-order chi connectivity index (χ1) is 15.9. The molecule has 1 aliphatic heterocycles. The summed E-state index contributed by atoms with van der Waals surface area (Å²) < 4.78 is 11.9. The van der Waals surface area contributed by atoms with Gasteiger partial charge in [0, 0.05) is 25.2 Å². The number of nitrogens with zero attached hydrogens (tertiary/aromatic N) is 1. The second-order valence-corrected chi connectivity index (χ2v) is 9.77. The number of allylic oxidation sites excluding steroid dienone is 1. The van der Waals surface area contributed by atoms with E-state index in [-0.39, 0.29) is 5.92 Å². The average molecular weight is 450 g/mol. The fourth-order valence-electron chi connectivity index (χ4n) is 4.99. The van der Waals surface area contributed by atoms with Crippen LogP contribution in [0, 0.1) is 11.8 Å². The maximum absolute atomic E-state index is 11.1. The lowest BCUT2D eigenvalue weighted by molar-refractivity contribution is -0.147. The molecule has 33 heavy (non-hydrogen) atoms. The molecule has 176 valence electrons. The predicted molar refractivity (Wildman–Crippen MR) is 131 cm³/mol. The van der Waals surface area contributed by atoms with Gasteiger partial charge in [0.1, 0.15) is 18.1 Å². The molecule has 1 aliphatic carbocycles. The van der Waals surface area contributed by atoms with Crippen LogP contribution in [0.4, 0.5) is 0 Å². The molecule has 0 radical (unpaired) electrons. The van der Waals surface area contributed by atoms with Gasteiger partial charge in [0.05, 0.1) is 13.0 Å². The number of carboxylic acid groups (broad SMARTS) is 1. The van der Waals surface area contributed by atoms with E-state index in [2.05, 4.69) is 62.1 Å². The van der Waals surface area contributed by atoms with E-state index in [1.165, 1.54) is 27.8 Å². The molecule has 0 bridgehead atoms. The molecule has 0 unspecified atom stereocenters. The fraction of sp³-hybridized carbons (Fsp3) is 0.464. The summed E-state index contributed by atoms with van der Waals surface area (Å²) in [6.07, 6.45) is 2.99. The molecule has 0 spiro atoms. The van der Waals surface area contributed by atoms with Gasteiger partial charge >= 0.3 is 5.97 Å². The second-order valence-electron chi connectivity index (χ2n) is 9.77. The zero-order valence-corrected chi connectivity index (χ0v) is 20.2. The van der Waals surface area contributed by atoms with Crippen molar-refractivity contribution in [2.45, 2.75) is 46.6 Å². The van der Waals surface area contributed by atoms with Crippen molar-refractivity contribution in [3.63, 3.8) is 0 Å². The van der Waals surface area contributed by atoms with Gasteiger partial charge in [-0.15, -0.1) is 0 Å². The molecule has 5 nitrogen and oxygen atoms in total. The second kappa shape index (κ2) is 10.0. The molecule has 2 aliphatic rings. The number of methoxy groups -OCH3 is 1. The van der Waals surface area contributed by atoms with E-state index in [1.807, 2.05) is 0 Å². The van der Waals surface area contributed by atoms with Crippen LogP contribution in [0.5, 0.6) is 11.5 Å². The van der Waals surface area contributed by atoms with Crippen LogP contribution in [0.25, 0.3) is 5.57 Å². The number of benzene rings is 2. The van der Waals surface area contributed by atoms with Crippen molar-refractivity contribution in [1.29, 1.82) is 0 Å². The first-order valence-electron chi connectivity index (χ1n) is 11.9. The summed E-state index contributed by atoms with van der Waals surface area (Å²) in [6, 6.07) is 12.7. The van der Waals surface area contributed by atoms with E-state index >= 15 is 0 Å². The Morgan fingerprint density at radius 3 is 2.61 bits per heavy atom. The number of likely N-dealkylation sites (tertiary alicyclic amines) is 1. The van der Waals surface area contributed by atoms with E-state index in [9.17, 15) is 4.79 Å². The lowest BCUT2D eigenvalue weighted by Crippen LogP contribution is -2.50. The first-order valence-corrected chi connectivity index (χ1v) is 11.9. The van der Waals surface area contributed by atoms with E-state index in [4.69, 9.17) is 14.6 Å². The third-order valence-electron chi connectivity index (χ3n) is 6.83. The van der Waals surface area contributed by atoms with Crippen LogP contribution >= 0.6 is 0 Å². The molecule has 0 atom stereocenters. The Kier molecular flexibility index (Phi) is 7.08. The Morgan fingerprint density at radius 2 is 1.91 bits per heavy atom. The number of aryl methyl sites for hydroxylation is 1. The number of hydrogen-bond donors (Lipinski definition) is 1. The van der Waals surface area contributed by atoms with Crippen LogP contribution in [0.2, 0.25) is 0 Å². The highest BCUT2D eigenvalue weighted by Crippen LogP contribution is 2.35. The fourth-order valence-corrected chi connectivity index (χ4v) is 4.99. The van der Waals surface area contributed by atoms with Gasteiger partial charge in [-0.2, -0.15) is 0 Å². The maximum atomic E-state index is 11.1.